The summed E-state index contributed by atoms with van der Waals surface area (Å²) in [6.07, 6.45) is 3.42. The molecule has 0 unspecified atom stereocenters. The molecule has 0 bridgehead atoms. The molecule has 1 aromatic heterocycles. The van der Waals surface area contributed by atoms with Gasteiger partial charge in [0.2, 0.25) is 0 Å². The van der Waals surface area contributed by atoms with Gasteiger partial charge in [0.05, 0.1) is 6.61 Å². The van der Waals surface area contributed by atoms with Crippen molar-refractivity contribution in [3.8, 4) is 16.9 Å². The summed E-state index contributed by atoms with van der Waals surface area (Å²) in [4.78, 5) is 0. The molecule has 2 aliphatic rings. The molecule has 2 aromatic carbocycles. The zero-order chi connectivity index (χ0) is 18.8. The highest BCUT2D eigenvalue weighted by Gasteiger charge is 2.26. The summed E-state index contributed by atoms with van der Waals surface area (Å²) in [6, 6.07) is 18.4. The highest BCUT2D eigenvalue weighted by Crippen LogP contribution is 2.36. The summed E-state index contributed by atoms with van der Waals surface area (Å²) in [5.41, 5.74) is 6.62. The monoisotopic (exact) mass is 426 g/mol. The highest BCUT2D eigenvalue weighted by atomic mass is 35.5. The van der Waals surface area contributed by atoms with E-state index in [4.69, 9.17) is 4.74 Å². The third-order valence-corrected chi connectivity index (χ3v) is 6.57. The first-order valence-electron chi connectivity index (χ1n) is 10.2. The van der Waals surface area contributed by atoms with Crippen LogP contribution in [-0.4, -0.2) is 19.2 Å². The first kappa shape index (κ1) is 20.4. The van der Waals surface area contributed by atoms with Crippen LogP contribution in [0.2, 0.25) is 0 Å². The van der Waals surface area contributed by atoms with Gasteiger partial charge in [-0.15, -0.1) is 12.4 Å². The maximum Gasteiger partial charge on any atom is 0.127 e. The Morgan fingerprint density at radius 3 is 2.83 bits per heavy atom. The third kappa shape index (κ3) is 4.36. The van der Waals surface area contributed by atoms with E-state index in [1.807, 2.05) is 0 Å². The molecule has 2 N–H and O–H groups in total. The SMILES string of the molecule is Cl.c1ccc([C@@H]2NCCC[C@@H]2NCc2cc(-c3ccsc3)cc3c2OCC3)cc1. The van der Waals surface area contributed by atoms with E-state index in [1.54, 1.807) is 11.3 Å². The van der Waals surface area contributed by atoms with Crippen LogP contribution in [-0.2, 0) is 13.0 Å². The Labute approximate surface area is 182 Å². The van der Waals surface area contributed by atoms with Crippen LogP contribution >= 0.6 is 23.7 Å². The Hall–Kier alpha value is -1.85. The van der Waals surface area contributed by atoms with Gasteiger partial charge in [0.15, 0.2) is 0 Å². The largest absolute Gasteiger partial charge is 0.493 e. The second-order valence-electron chi connectivity index (χ2n) is 7.71. The molecule has 2 atom stereocenters. The predicted molar refractivity (Wildman–Crippen MR) is 123 cm³/mol. The highest BCUT2D eigenvalue weighted by molar-refractivity contribution is 7.08. The molecule has 5 heteroatoms. The number of fused-ring (bicyclic) bond motifs is 1. The Kier molecular flexibility index (Phi) is 6.56. The molecule has 0 saturated carbocycles. The normalized spacial score (nSPS) is 20.6. The van der Waals surface area contributed by atoms with Crippen LogP contribution < -0.4 is 15.4 Å². The standard InChI is InChI=1S/C24H26N2OS.ClH/c1-2-5-17(6-3-1)23-22(7-4-10-25-23)26-15-21-14-20(19-9-12-28-16-19)13-18-8-11-27-24(18)21;/h1-3,5-6,9,12-14,16,22-23,25-26H,4,7-8,10-11,15H2;1H/t22-,23-;/m0./s1. The summed E-state index contributed by atoms with van der Waals surface area (Å²) < 4.78 is 6.00. The summed E-state index contributed by atoms with van der Waals surface area (Å²) in [6.45, 7) is 2.73. The predicted octanol–water partition coefficient (Wildman–Crippen LogP) is 5.35. The lowest BCUT2D eigenvalue weighted by atomic mass is 9.92. The lowest BCUT2D eigenvalue weighted by Gasteiger charge is -2.34. The first-order valence-corrected chi connectivity index (χ1v) is 11.2. The fraction of sp³-hybridized carbons (Fsp3) is 0.333. The summed E-state index contributed by atoms with van der Waals surface area (Å²) in [5.74, 6) is 1.10. The minimum Gasteiger partial charge on any atom is -0.493 e. The second kappa shape index (κ2) is 9.31. The van der Waals surface area contributed by atoms with Crippen molar-refractivity contribution in [2.24, 2.45) is 0 Å². The lowest BCUT2D eigenvalue weighted by molar-refractivity contribution is 0.301. The second-order valence-corrected chi connectivity index (χ2v) is 8.49. The molecular formula is C24H27ClN2OS. The van der Waals surface area contributed by atoms with Gasteiger partial charge < -0.3 is 15.4 Å². The Morgan fingerprint density at radius 2 is 2.00 bits per heavy atom. The zero-order valence-corrected chi connectivity index (χ0v) is 18.0. The summed E-state index contributed by atoms with van der Waals surface area (Å²) in [7, 11) is 0. The molecule has 2 aliphatic heterocycles. The number of hydrogen-bond acceptors (Lipinski definition) is 4. The third-order valence-electron chi connectivity index (χ3n) is 5.89. The van der Waals surface area contributed by atoms with Crippen molar-refractivity contribution >= 4 is 23.7 Å². The van der Waals surface area contributed by atoms with E-state index in [0.717, 1.165) is 31.9 Å². The molecule has 1 fully saturated rings. The molecule has 0 spiro atoms. The Balaban J connectivity index is 0.00000205. The quantitative estimate of drug-likeness (QED) is 0.576. The molecule has 3 aromatic rings. The molecule has 152 valence electrons. The van der Waals surface area contributed by atoms with Gasteiger partial charge in [-0.1, -0.05) is 30.3 Å². The smallest absolute Gasteiger partial charge is 0.127 e. The minimum absolute atomic E-state index is 0. The van der Waals surface area contributed by atoms with Crippen molar-refractivity contribution < 1.29 is 4.74 Å². The molecule has 29 heavy (non-hydrogen) atoms. The maximum atomic E-state index is 6.00. The molecular weight excluding hydrogens is 400 g/mol. The Morgan fingerprint density at radius 1 is 1.10 bits per heavy atom. The lowest BCUT2D eigenvalue weighted by Crippen LogP contribution is -2.45. The van der Waals surface area contributed by atoms with Gasteiger partial charge in [-0.3, -0.25) is 0 Å². The minimum atomic E-state index is 0. The number of benzene rings is 2. The number of ether oxygens (including phenoxy) is 1. The molecule has 5 rings (SSSR count). The summed E-state index contributed by atoms with van der Waals surface area (Å²) >= 11 is 1.75. The van der Waals surface area contributed by atoms with Crippen LogP contribution in [0.5, 0.6) is 5.75 Å². The fourth-order valence-corrected chi connectivity index (χ4v) is 5.14. The summed E-state index contributed by atoms with van der Waals surface area (Å²) in [5, 5.41) is 11.9. The molecule has 1 saturated heterocycles. The van der Waals surface area contributed by atoms with Gasteiger partial charge in [-0.05, 0) is 70.6 Å². The van der Waals surface area contributed by atoms with Gasteiger partial charge in [-0.25, -0.2) is 0 Å². The number of hydrogen-bond donors (Lipinski definition) is 2. The molecule has 3 nitrogen and oxygen atoms in total. The molecule has 0 amide bonds. The topological polar surface area (TPSA) is 33.3 Å². The van der Waals surface area contributed by atoms with E-state index < -0.39 is 0 Å². The van der Waals surface area contributed by atoms with E-state index in [1.165, 1.54) is 40.7 Å². The number of thiophene rings is 1. The van der Waals surface area contributed by atoms with Crippen LogP contribution in [0.25, 0.3) is 11.1 Å². The van der Waals surface area contributed by atoms with Gasteiger partial charge >= 0.3 is 0 Å². The number of rotatable bonds is 5. The van der Waals surface area contributed by atoms with Gasteiger partial charge in [-0.2, -0.15) is 11.3 Å². The van der Waals surface area contributed by atoms with Crippen LogP contribution in [0.3, 0.4) is 0 Å². The van der Waals surface area contributed by atoms with Crippen molar-refractivity contribution in [2.45, 2.75) is 37.9 Å². The number of nitrogens with one attached hydrogen (secondary N) is 2. The Bertz CT molecular complexity index is 930. The van der Waals surface area contributed by atoms with Gasteiger partial charge in [0, 0.05) is 30.6 Å². The van der Waals surface area contributed by atoms with Crippen LogP contribution in [0.1, 0.15) is 35.6 Å². The number of halogens is 1. The van der Waals surface area contributed by atoms with E-state index in [-0.39, 0.29) is 12.4 Å². The molecule has 3 heterocycles. The van der Waals surface area contributed by atoms with Gasteiger partial charge in [0.1, 0.15) is 5.75 Å². The fourth-order valence-electron chi connectivity index (χ4n) is 4.48. The van der Waals surface area contributed by atoms with E-state index >= 15 is 0 Å². The van der Waals surface area contributed by atoms with E-state index in [2.05, 4.69) is 69.9 Å². The van der Waals surface area contributed by atoms with E-state index in [0.29, 0.717) is 12.1 Å². The van der Waals surface area contributed by atoms with Crippen molar-refractivity contribution in [3.05, 3.63) is 76.0 Å². The average molecular weight is 427 g/mol. The first-order chi connectivity index (χ1) is 13.9. The maximum absolute atomic E-state index is 6.00. The van der Waals surface area contributed by atoms with Crippen molar-refractivity contribution in [1.82, 2.24) is 10.6 Å². The molecule has 0 aliphatic carbocycles. The van der Waals surface area contributed by atoms with Crippen molar-refractivity contribution in [1.29, 1.82) is 0 Å². The number of piperidine rings is 1. The van der Waals surface area contributed by atoms with Crippen LogP contribution in [0, 0.1) is 0 Å². The molecule has 0 radical (unpaired) electrons. The zero-order valence-electron chi connectivity index (χ0n) is 16.4. The van der Waals surface area contributed by atoms with Crippen LogP contribution in [0.4, 0.5) is 0 Å². The average Bonchev–Trinajstić information content (AvgIpc) is 3.44. The van der Waals surface area contributed by atoms with Crippen molar-refractivity contribution in [3.63, 3.8) is 0 Å². The van der Waals surface area contributed by atoms with E-state index in [9.17, 15) is 0 Å². The van der Waals surface area contributed by atoms with Crippen molar-refractivity contribution in [2.75, 3.05) is 13.2 Å². The van der Waals surface area contributed by atoms with Crippen LogP contribution in [0.15, 0.2) is 59.3 Å². The van der Waals surface area contributed by atoms with Gasteiger partial charge in [0.25, 0.3) is 0 Å².